The van der Waals surface area contributed by atoms with Crippen molar-refractivity contribution in [2.24, 2.45) is 0 Å². The van der Waals surface area contributed by atoms with Gasteiger partial charge in [0.1, 0.15) is 6.15 Å². The molecule has 0 unspecified atom stereocenters. The molecule has 0 saturated heterocycles. The lowest BCUT2D eigenvalue weighted by molar-refractivity contribution is 0.623. The molecular formula is C64H108BSi4-. The molecule has 384 valence electrons. The topological polar surface area (TPSA) is 0 Å². The van der Waals surface area contributed by atoms with Gasteiger partial charge in [-0.15, -0.1) is 0 Å². The van der Waals surface area contributed by atoms with Gasteiger partial charge in [-0.3, -0.25) is 0 Å². The number of benzene rings is 4. The minimum absolute atomic E-state index is 1.32. The van der Waals surface area contributed by atoms with E-state index in [-0.39, 0.29) is 0 Å². The SMILES string of the molecule is CCCCCCCC[Si](C)(C)c1ccc([B-](c2ccc([Si](C)(C)CCCCCCCC)cc2)(c2ccc([Si](C)(C)CCCCCCCC)cc2)c2ccc([Si](C)(C)CCCCCCCC)cc2)cc1. The van der Waals surface area contributed by atoms with Crippen LogP contribution in [0.5, 0.6) is 0 Å². The lowest BCUT2D eigenvalue weighted by Crippen LogP contribution is -2.75. The second-order valence-corrected chi connectivity index (χ2v) is 44.3. The summed E-state index contributed by atoms with van der Waals surface area (Å²) in [6.45, 7) is 30.4. The zero-order chi connectivity index (χ0) is 50.2. The average molecular weight is 1000 g/mol. The first-order valence-electron chi connectivity index (χ1n) is 29.7. The fourth-order valence-corrected chi connectivity index (χ4v) is 22.0. The van der Waals surface area contributed by atoms with E-state index in [1.807, 2.05) is 0 Å². The van der Waals surface area contributed by atoms with E-state index in [2.05, 4.69) is 177 Å². The number of unbranched alkanes of at least 4 members (excludes halogenated alkanes) is 20. The third-order valence-corrected chi connectivity index (χ3v) is 31.4. The molecule has 0 radical (unpaired) electrons. The molecule has 0 aliphatic carbocycles. The van der Waals surface area contributed by atoms with Crippen molar-refractivity contribution in [3.05, 3.63) is 97.1 Å². The number of rotatable bonds is 36. The molecule has 69 heavy (non-hydrogen) atoms. The molecule has 0 atom stereocenters. The van der Waals surface area contributed by atoms with Gasteiger partial charge in [0.25, 0.3) is 0 Å². The van der Waals surface area contributed by atoms with Gasteiger partial charge in [0.2, 0.25) is 0 Å². The lowest BCUT2D eigenvalue weighted by Gasteiger charge is -2.45. The summed E-state index contributed by atoms with van der Waals surface area (Å²) in [6, 6.07) is 47.1. The Morgan fingerprint density at radius 1 is 0.232 bits per heavy atom. The molecular weight excluding hydrogens is 892 g/mol. The van der Waals surface area contributed by atoms with Crippen molar-refractivity contribution in [3.63, 3.8) is 0 Å². The molecule has 0 aromatic heterocycles. The molecule has 0 fully saturated rings. The summed E-state index contributed by atoms with van der Waals surface area (Å²) in [7, 11) is -6.38. The van der Waals surface area contributed by atoms with Gasteiger partial charge in [-0.05, 0) is 0 Å². The Morgan fingerprint density at radius 3 is 0.565 bits per heavy atom. The maximum atomic E-state index is 2.63. The highest BCUT2D eigenvalue weighted by atomic mass is 28.3. The molecule has 4 aromatic carbocycles. The smallest absolute Gasteiger partial charge is 0.108 e. The summed E-state index contributed by atoms with van der Waals surface area (Å²) >= 11 is 0. The van der Waals surface area contributed by atoms with Gasteiger partial charge in [-0.2, -0.15) is 21.9 Å². The zero-order valence-electron chi connectivity index (χ0n) is 47.6. The standard InChI is InChI=1S/C64H108BSi4/c1-13-17-21-25-29-33-53-66(5,6)61-45-37-57(38-46-61)65(58-39-47-62(48-40-58)67(7,8)54-34-30-26-22-18-14-2,59-41-49-63(50-42-59)68(9,10)55-35-31-27-23-19-15-3)60-43-51-64(52-44-60)69(11,12)56-36-32-28-24-20-16-4/h37-52H,13-36,53-56H2,1-12H3/q-1. The van der Waals surface area contributed by atoms with E-state index in [0.29, 0.717) is 0 Å². The first-order valence-corrected chi connectivity index (χ1v) is 42.5. The van der Waals surface area contributed by atoms with Crippen molar-refractivity contribution < 1.29 is 0 Å². The van der Waals surface area contributed by atoms with Crippen LogP contribution in [0, 0.1) is 0 Å². The van der Waals surface area contributed by atoms with E-state index in [9.17, 15) is 0 Å². The lowest BCUT2D eigenvalue weighted by atomic mass is 9.13. The third-order valence-electron chi connectivity index (χ3n) is 17.4. The van der Waals surface area contributed by atoms with Gasteiger partial charge in [0, 0.05) is 0 Å². The molecule has 0 aliphatic heterocycles. The molecule has 0 N–H and O–H groups in total. The summed E-state index contributed by atoms with van der Waals surface area (Å²) in [5, 5.41) is 6.49. The van der Waals surface area contributed by atoms with E-state index in [1.54, 1.807) is 20.7 Å². The maximum Gasteiger partial charge on any atom is 0.108 e. The van der Waals surface area contributed by atoms with Gasteiger partial charge in [-0.1, -0.05) is 376 Å². The second kappa shape index (κ2) is 30.1. The van der Waals surface area contributed by atoms with E-state index >= 15 is 0 Å². The van der Waals surface area contributed by atoms with Crippen LogP contribution in [0.3, 0.4) is 0 Å². The Balaban J connectivity index is 1.85. The fourth-order valence-electron chi connectivity index (χ4n) is 12.0. The molecule has 0 bridgehead atoms. The highest BCUT2D eigenvalue weighted by molar-refractivity contribution is 7.20. The predicted molar refractivity (Wildman–Crippen MR) is 331 cm³/mol. The monoisotopic (exact) mass is 1000 g/mol. The number of hydrogen-bond acceptors (Lipinski definition) is 0. The molecule has 0 saturated carbocycles. The summed E-state index contributed by atoms with van der Waals surface area (Å²) in [6.07, 6.45) is 31.6. The Bertz CT molecular complexity index is 1670. The Hall–Kier alpha value is -2.19. The van der Waals surface area contributed by atoms with Gasteiger partial charge in [0.05, 0.1) is 32.3 Å². The summed E-state index contributed by atoms with van der Waals surface area (Å²) in [4.78, 5) is 0. The molecule has 4 aromatic rings. The van der Waals surface area contributed by atoms with Gasteiger partial charge < -0.3 is 0 Å². The van der Waals surface area contributed by atoms with Crippen LogP contribution in [0.15, 0.2) is 97.1 Å². The molecule has 5 heteroatoms. The first-order chi connectivity index (χ1) is 33.1. The van der Waals surface area contributed by atoms with Crippen molar-refractivity contribution in [1.82, 2.24) is 0 Å². The fraction of sp³-hybridized carbons (Fsp3) is 0.625. The normalized spacial score (nSPS) is 12.8. The van der Waals surface area contributed by atoms with Crippen LogP contribution in [-0.2, 0) is 0 Å². The van der Waals surface area contributed by atoms with Gasteiger partial charge in [0.15, 0.2) is 0 Å². The molecule has 4 rings (SSSR count). The van der Waals surface area contributed by atoms with E-state index in [4.69, 9.17) is 0 Å². The quantitative estimate of drug-likeness (QED) is 0.0315. The van der Waals surface area contributed by atoms with Crippen molar-refractivity contribution in [2.45, 2.75) is 258 Å². The van der Waals surface area contributed by atoms with E-state index in [1.165, 1.54) is 200 Å². The Kier molecular flexibility index (Phi) is 25.9. The van der Waals surface area contributed by atoms with Crippen LogP contribution in [-0.4, -0.2) is 38.4 Å². The van der Waals surface area contributed by atoms with E-state index < -0.39 is 38.4 Å². The van der Waals surface area contributed by atoms with Gasteiger partial charge >= 0.3 is 0 Å². The Morgan fingerprint density at radius 2 is 0.391 bits per heavy atom. The third kappa shape index (κ3) is 18.1. The molecule has 0 amide bonds. The van der Waals surface area contributed by atoms with Crippen molar-refractivity contribution in [2.75, 3.05) is 0 Å². The van der Waals surface area contributed by atoms with Crippen LogP contribution in [0.2, 0.25) is 76.6 Å². The molecule has 0 nitrogen and oxygen atoms in total. The summed E-state index contributed by atoms with van der Waals surface area (Å²) in [5.41, 5.74) is 5.92. The van der Waals surface area contributed by atoms with Gasteiger partial charge in [-0.25, -0.2) is 0 Å². The number of hydrogen-bond donors (Lipinski definition) is 0. The highest BCUT2D eigenvalue weighted by Gasteiger charge is 2.35. The first kappa shape index (κ1) is 59.4. The maximum absolute atomic E-state index is 2.63. The average Bonchev–Trinajstić information content (AvgIpc) is 3.34. The van der Waals surface area contributed by atoms with Crippen molar-refractivity contribution in [3.8, 4) is 0 Å². The van der Waals surface area contributed by atoms with Crippen molar-refractivity contribution >= 4 is 81.0 Å². The van der Waals surface area contributed by atoms with Crippen LogP contribution in [0.25, 0.3) is 0 Å². The highest BCUT2D eigenvalue weighted by Crippen LogP contribution is 2.22. The summed E-state index contributed by atoms with van der Waals surface area (Å²) in [5.74, 6) is 0. The summed E-state index contributed by atoms with van der Waals surface area (Å²) < 4.78 is 0. The predicted octanol–water partition coefficient (Wildman–Crippen LogP) is 16.2. The largest absolute Gasteiger partial charge is 0.195 e. The van der Waals surface area contributed by atoms with Crippen LogP contribution < -0.4 is 42.6 Å². The van der Waals surface area contributed by atoms with Crippen LogP contribution in [0.1, 0.15) is 182 Å². The van der Waals surface area contributed by atoms with Crippen LogP contribution >= 0.6 is 0 Å². The van der Waals surface area contributed by atoms with Crippen molar-refractivity contribution in [1.29, 1.82) is 0 Å². The Labute approximate surface area is 433 Å². The second-order valence-electron chi connectivity index (χ2n) is 25.0. The molecule has 0 spiro atoms. The minimum Gasteiger partial charge on any atom is -0.195 e. The minimum atomic E-state index is -1.60. The van der Waals surface area contributed by atoms with E-state index in [0.717, 1.165) is 0 Å². The van der Waals surface area contributed by atoms with Crippen LogP contribution in [0.4, 0.5) is 0 Å². The molecule has 0 aliphatic rings. The zero-order valence-corrected chi connectivity index (χ0v) is 51.6. The molecule has 0 heterocycles.